The Morgan fingerprint density at radius 1 is 1.04 bits per heavy atom. The minimum Gasteiger partial charge on any atom is -0.467 e. The molecule has 7 nitrogen and oxygen atoms in total. The maximum Gasteiger partial charge on any atom is 0.229 e. The molecule has 2 N–H and O–H groups in total. The van der Waals surface area contributed by atoms with E-state index < -0.39 is 0 Å². The minimum absolute atomic E-state index is 0.518. The first-order valence-corrected chi connectivity index (χ1v) is 8.14. The number of hydrogen-bond donors (Lipinski definition) is 2. The lowest BCUT2D eigenvalue weighted by Gasteiger charge is -2.10. The number of hydrogen-bond acceptors (Lipinski definition) is 7. The predicted octanol–water partition coefficient (Wildman–Crippen LogP) is 4.39. The molecule has 7 heteroatoms. The van der Waals surface area contributed by atoms with Crippen molar-refractivity contribution < 1.29 is 8.83 Å². The number of furan rings is 1. The Balaban J connectivity index is 1.46. The molecule has 0 saturated carbocycles. The molecule has 3 heterocycles. The van der Waals surface area contributed by atoms with Gasteiger partial charge in [-0.15, -0.1) is 0 Å². The second-order valence-electron chi connectivity index (χ2n) is 5.73. The van der Waals surface area contributed by atoms with Crippen molar-refractivity contribution >= 4 is 17.5 Å². The summed E-state index contributed by atoms with van der Waals surface area (Å²) in [4.78, 5) is 12.8. The van der Waals surface area contributed by atoms with Crippen LogP contribution >= 0.6 is 0 Å². The van der Waals surface area contributed by atoms with Gasteiger partial charge >= 0.3 is 0 Å². The summed E-state index contributed by atoms with van der Waals surface area (Å²) in [5.74, 6) is 2.86. The molecule has 4 aromatic rings. The molecule has 0 radical (unpaired) electrons. The van der Waals surface area contributed by atoms with Gasteiger partial charge in [0.05, 0.1) is 19.0 Å². The summed E-state index contributed by atoms with van der Waals surface area (Å²) in [5, 5.41) is 6.47. The number of nitrogens with zero attached hydrogens (tertiary/aromatic N) is 3. The first-order chi connectivity index (χ1) is 12.8. The fraction of sp³-hybridized carbons (Fsp3) is 0.105. The molecule has 0 amide bonds. The van der Waals surface area contributed by atoms with E-state index in [1.807, 2.05) is 43.3 Å². The smallest absolute Gasteiger partial charge is 0.229 e. The predicted molar refractivity (Wildman–Crippen MR) is 98.0 cm³/mol. The fourth-order valence-corrected chi connectivity index (χ4v) is 2.47. The molecule has 3 aromatic heterocycles. The molecule has 0 fully saturated rings. The summed E-state index contributed by atoms with van der Waals surface area (Å²) < 4.78 is 10.6. The normalized spacial score (nSPS) is 10.7. The van der Waals surface area contributed by atoms with Gasteiger partial charge in [0.1, 0.15) is 11.6 Å². The monoisotopic (exact) mass is 347 g/mol. The first kappa shape index (κ1) is 15.9. The molecule has 130 valence electrons. The van der Waals surface area contributed by atoms with Crippen molar-refractivity contribution in [2.45, 2.75) is 13.5 Å². The van der Waals surface area contributed by atoms with Crippen LogP contribution in [0.25, 0.3) is 11.3 Å². The van der Waals surface area contributed by atoms with Gasteiger partial charge in [-0.25, -0.2) is 9.97 Å². The van der Waals surface area contributed by atoms with Gasteiger partial charge in [0, 0.05) is 23.0 Å². The molecule has 26 heavy (non-hydrogen) atoms. The molecule has 0 saturated heterocycles. The van der Waals surface area contributed by atoms with Crippen LogP contribution in [-0.2, 0) is 6.54 Å². The van der Waals surface area contributed by atoms with E-state index in [0.29, 0.717) is 12.5 Å². The average Bonchev–Trinajstić information content (AvgIpc) is 3.37. The molecule has 0 atom stereocenters. The zero-order valence-corrected chi connectivity index (χ0v) is 14.1. The number of rotatable bonds is 6. The van der Waals surface area contributed by atoms with E-state index in [1.54, 1.807) is 18.7 Å². The van der Waals surface area contributed by atoms with Crippen LogP contribution in [0, 0.1) is 6.92 Å². The summed E-state index contributed by atoms with van der Waals surface area (Å²) in [7, 11) is 0. The molecule has 0 aliphatic rings. The Morgan fingerprint density at radius 2 is 1.92 bits per heavy atom. The van der Waals surface area contributed by atoms with Crippen LogP contribution in [0.15, 0.2) is 70.3 Å². The summed E-state index contributed by atoms with van der Waals surface area (Å²) in [5.41, 5.74) is 2.80. The Labute approximate surface area is 150 Å². The zero-order chi connectivity index (χ0) is 17.8. The van der Waals surface area contributed by atoms with E-state index in [2.05, 4.69) is 25.6 Å². The molecule has 0 spiro atoms. The number of oxazole rings is 1. The highest BCUT2D eigenvalue weighted by Gasteiger charge is 2.06. The number of nitrogens with one attached hydrogen (secondary N) is 2. The van der Waals surface area contributed by atoms with Gasteiger partial charge in [0.2, 0.25) is 5.95 Å². The van der Waals surface area contributed by atoms with E-state index in [-0.39, 0.29) is 0 Å². The second-order valence-corrected chi connectivity index (χ2v) is 5.73. The zero-order valence-electron chi connectivity index (χ0n) is 14.1. The van der Waals surface area contributed by atoms with E-state index in [1.165, 1.54) is 6.39 Å². The SMILES string of the molecule is Cc1cnc(Nc2ccc(-c3cnco3)cc2)nc1NCc1ccco1. The van der Waals surface area contributed by atoms with E-state index in [0.717, 1.165) is 34.2 Å². The first-order valence-electron chi connectivity index (χ1n) is 8.14. The van der Waals surface area contributed by atoms with E-state index in [9.17, 15) is 0 Å². The van der Waals surface area contributed by atoms with Crippen molar-refractivity contribution in [3.8, 4) is 11.3 Å². The molecule has 0 aliphatic carbocycles. The Morgan fingerprint density at radius 3 is 2.65 bits per heavy atom. The van der Waals surface area contributed by atoms with Gasteiger partial charge in [-0.2, -0.15) is 4.98 Å². The quantitative estimate of drug-likeness (QED) is 0.535. The molecule has 4 rings (SSSR count). The Kier molecular flexibility index (Phi) is 4.34. The lowest BCUT2D eigenvalue weighted by atomic mass is 10.2. The summed E-state index contributed by atoms with van der Waals surface area (Å²) in [6, 6.07) is 11.6. The standard InChI is InChI=1S/C19H17N5O2/c1-13-9-22-19(24-18(13)21-10-16-3-2-8-25-16)23-15-6-4-14(5-7-15)17-11-20-12-26-17/h2-9,11-12H,10H2,1H3,(H2,21,22,23,24). The lowest BCUT2D eigenvalue weighted by molar-refractivity contribution is 0.517. The molecule has 0 bridgehead atoms. The largest absolute Gasteiger partial charge is 0.467 e. The third kappa shape index (κ3) is 3.56. The van der Waals surface area contributed by atoms with Crippen LogP contribution in [-0.4, -0.2) is 15.0 Å². The summed E-state index contributed by atoms with van der Waals surface area (Å²) >= 11 is 0. The van der Waals surface area contributed by atoms with Gasteiger partial charge < -0.3 is 19.5 Å². The van der Waals surface area contributed by atoms with Crippen molar-refractivity contribution in [2.75, 3.05) is 10.6 Å². The molecular formula is C19H17N5O2. The van der Waals surface area contributed by atoms with Crippen LogP contribution in [0.1, 0.15) is 11.3 Å². The maximum absolute atomic E-state index is 5.33. The summed E-state index contributed by atoms with van der Waals surface area (Å²) in [6.07, 6.45) is 6.53. The Hall–Kier alpha value is -3.61. The highest BCUT2D eigenvalue weighted by molar-refractivity contribution is 5.63. The highest BCUT2D eigenvalue weighted by atomic mass is 16.3. The van der Waals surface area contributed by atoms with Gasteiger partial charge in [-0.3, -0.25) is 0 Å². The van der Waals surface area contributed by atoms with Crippen LogP contribution in [0.2, 0.25) is 0 Å². The maximum atomic E-state index is 5.33. The Bertz CT molecular complexity index is 964. The average molecular weight is 347 g/mol. The molecule has 0 aliphatic heterocycles. The molecular weight excluding hydrogens is 330 g/mol. The van der Waals surface area contributed by atoms with Crippen LogP contribution in [0.4, 0.5) is 17.5 Å². The second kappa shape index (κ2) is 7.10. The van der Waals surface area contributed by atoms with Gasteiger partial charge in [0.15, 0.2) is 12.2 Å². The van der Waals surface area contributed by atoms with E-state index >= 15 is 0 Å². The number of aryl methyl sites for hydroxylation is 1. The van der Waals surface area contributed by atoms with Crippen LogP contribution in [0.5, 0.6) is 0 Å². The van der Waals surface area contributed by atoms with Gasteiger partial charge in [-0.05, 0) is 43.3 Å². The highest BCUT2D eigenvalue weighted by Crippen LogP contribution is 2.23. The summed E-state index contributed by atoms with van der Waals surface area (Å²) in [6.45, 7) is 2.52. The van der Waals surface area contributed by atoms with Crippen molar-refractivity contribution in [1.82, 2.24) is 15.0 Å². The number of benzene rings is 1. The third-order valence-corrected chi connectivity index (χ3v) is 3.84. The molecule has 0 unspecified atom stereocenters. The number of anilines is 3. The van der Waals surface area contributed by atoms with Crippen LogP contribution in [0.3, 0.4) is 0 Å². The van der Waals surface area contributed by atoms with Gasteiger partial charge in [-0.1, -0.05) is 0 Å². The van der Waals surface area contributed by atoms with E-state index in [4.69, 9.17) is 8.83 Å². The topological polar surface area (TPSA) is 89.0 Å². The lowest BCUT2D eigenvalue weighted by Crippen LogP contribution is -2.06. The fourth-order valence-electron chi connectivity index (χ4n) is 2.47. The minimum atomic E-state index is 0.518. The van der Waals surface area contributed by atoms with Crippen LogP contribution < -0.4 is 10.6 Å². The van der Waals surface area contributed by atoms with Crippen molar-refractivity contribution in [1.29, 1.82) is 0 Å². The van der Waals surface area contributed by atoms with Crippen molar-refractivity contribution in [3.05, 3.63) is 72.8 Å². The molecule has 1 aromatic carbocycles. The van der Waals surface area contributed by atoms with Gasteiger partial charge in [0.25, 0.3) is 0 Å². The number of aromatic nitrogens is 3. The van der Waals surface area contributed by atoms with Crippen molar-refractivity contribution in [2.24, 2.45) is 0 Å². The third-order valence-electron chi connectivity index (χ3n) is 3.84. The van der Waals surface area contributed by atoms with Crippen molar-refractivity contribution in [3.63, 3.8) is 0 Å².